The topological polar surface area (TPSA) is 110 Å². The normalized spacial score (nSPS) is 20.9. The van der Waals surface area contributed by atoms with E-state index in [9.17, 15) is 23.9 Å². The van der Waals surface area contributed by atoms with Crippen LogP contribution in [0.4, 0.5) is 4.39 Å². The SMILES string of the molecule is CCOc1ccc(CNC(=O)c2cn3c(c(O)c2=O)C(=O)N(C)C[C@@]32C[C@@H]2COC)c(F)c1Cl. The zero-order chi connectivity index (χ0) is 24.8. The molecular formula is C23H25ClFN3O6. The number of carbonyl (C=O) groups excluding carboxylic acids is 2. The van der Waals surface area contributed by atoms with E-state index >= 15 is 0 Å². The fourth-order valence-electron chi connectivity index (χ4n) is 4.58. The second kappa shape index (κ2) is 8.92. The fourth-order valence-corrected chi connectivity index (χ4v) is 4.81. The molecular weight excluding hydrogens is 469 g/mol. The third-order valence-electron chi connectivity index (χ3n) is 6.40. The van der Waals surface area contributed by atoms with Crippen LogP contribution in [-0.4, -0.2) is 60.3 Å². The Morgan fingerprint density at radius 2 is 2.12 bits per heavy atom. The van der Waals surface area contributed by atoms with E-state index in [-0.39, 0.29) is 40.1 Å². The van der Waals surface area contributed by atoms with Gasteiger partial charge < -0.3 is 29.4 Å². The Morgan fingerprint density at radius 1 is 1.38 bits per heavy atom. The number of hydrogen-bond donors (Lipinski definition) is 2. The summed E-state index contributed by atoms with van der Waals surface area (Å²) < 4.78 is 26.6. The highest BCUT2D eigenvalue weighted by atomic mass is 35.5. The lowest BCUT2D eigenvalue weighted by atomic mass is 10.0. The first-order valence-electron chi connectivity index (χ1n) is 10.8. The molecule has 1 saturated carbocycles. The number of hydrogen-bond acceptors (Lipinski definition) is 6. The van der Waals surface area contributed by atoms with Gasteiger partial charge in [-0.15, -0.1) is 0 Å². The Morgan fingerprint density at radius 3 is 2.79 bits per heavy atom. The quantitative estimate of drug-likeness (QED) is 0.611. The Labute approximate surface area is 200 Å². The number of likely N-dealkylation sites (N-methyl/N-ethyl adjacent to an activating group) is 1. The molecule has 0 bridgehead atoms. The van der Waals surface area contributed by atoms with Crippen LogP contribution in [0.15, 0.2) is 23.1 Å². The molecule has 2 amide bonds. The standard InChI is InChI=1S/C23H25ClFN3O6/c1-4-34-15-6-5-12(17(25)16(15)24)8-26-21(31)14-9-28-18(20(30)19(14)29)22(32)27(2)11-23(28)7-13(23)10-33-3/h5-6,9,13,30H,4,7-8,10-11H2,1-3H3,(H,26,31)/t13-,23-/m1/s1. The first-order chi connectivity index (χ1) is 16.2. The first-order valence-corrected chi connectivity index (χ1v) is 11.1. The van der Waals surface area contributed by atoms with Gasteiger partial charge >= 0.3 is 0 Å². The third kappa shape index (κ3) is 3.80. The predicted octanol–water partition coefficient (Wildman–Crippen LogP) is 2.12. The molecule has 1 aromatic carbocycles. The first kappa shape index (κ1) is 24.0. The number of benzene rings is 1. The molecule has 1 aliphatic carbocycles. The van der Waals surface area contributed by atoms with E-state index in [0.717, 1.165) is 0 Å². The highest BCUT2D eigenvalue weighted by Gasteiger charge is 2.60. The molecule has 1 aliphatic heterocycles. The van der Waals surface area contributed by atoms with Crippen LogP contribution in [0.25, 0.3) is 0 Å². The monoisotopic (exact) mass is 493 g/mol. The number of rotatable bonds is 7. The molecule has 2 aromatic rings. The average Bonchev–Trinajstić information content (AvgIpc) is 3.49. The summed E-state index contributed by atoms with van der Waals surface area (Å²) in [7, 11) is 3.16. The average molecular weight is 494 g/mol. The van der Waals surface area contributed by atoms with Crippen molar-refractivity contribution in [3.8, 4) is 11.5 Å². The minimum atomic E-state index is -0.975. The van der Waals surface area contributed by atoms with E-state index in [1.165, 1.54) is 27.8 Å². The van der Waals surface area contributed by atoms with Crippen molar-refractivity contribution in [3.05, 3.63) is 56.2 Å². The maximum Gasteiger partial charge on any atom is 0.274 e. The number of ether oxygens (including phenoxy) is 2. The minimum Gasteiger partial charge on any atom is -0.503 e. The van der Waals surface area contributed by atoms with Crippen LogP contribution in [0.5, 0.6) is 11.5 Å². The number of pyridine rings is 1. The minimum absolute atomic E-state index is 0.0460. The Kier molecular flexibility index (Phi) is 6.30. The number of nitrogens with one attached hydrogen (secondary N) is 1. The van der Waals surface area contributed by atoms with Crippen molar-refractivity contribution < 1.29 is 28.6 Å². The second-order valence-electron chi connectivity index (χ2n) is 8.53. The number of nitrogens with zero attached hydrogens (tertiary/aromatic N) is 2. The van der Waals surface area contributed by atoms with Gasteiger partial charge in [-0.2, -0.15) is 0 Å². The van der Waals surface area contributed by atoms with Crippen molar-refractivity contribution in [2.75, 3.05) is 33.9 Å². The highest BCUT2D eigenvalue weighted by Crippen LogP contribution is 2.53. The summed E-state index contributed by atoms with van der Waals surface area (Å²) >= 11 is 5.99. The van der Waals surface area contributed by atoms with Crippen LogP contribution in [0.2, 0.25) is 5.02 Å². The van der Waals surface area contributed by atoms with Gasteiger partial charge in [0.1, 0.15) is 16.3 Å². The van der Waals surface area contributed by atoms with Crippen LogP contribution >= 0.6 is 11.6 Å². The Balaban J connectivity index is 1.65. The lowest BCUT2D eigenvalue weighted by Crippen LogP contribution is -2.48. The molecule has 2 atom stereocenters. The number of methoxy groups -OCH3 is 1. The summed E-state index contributed by atoms with van der Waals surface area (Å²) in [6.07, 6.45) is 1.96. The van der Waals surface area contributed by atoms with Gasteiger partial charge in [-0.05, 0) is 19.4 Å². The molecule has 1 spiro atoms. The largest absolute Gasteiger partial charge is 0.503 e. The molecule has 182 valence electrons. The van der Waals surface area contributed by atoms with E-state index in [4.69, 9.17) is 21.1 Å². The lowest BCUT2D eigenvalue weighted by molar-refractivity contribution is 0.0664. The fraction of sp³-hybridized carbons (Fsp3) is 0.435. The summed E-state index contributed by atoms with van der Waals surface area (Å²) in [6.45, 7) is 2.58. The number of amides is 2. The molecule has 34 heavy (non-hydrogen) atoms. The smallest absolute Gasteiger partial charge is 0.274 e. The molecule has 2 aliphatic rings. The number of halogens is 2. The van der Waals surface area contributed by atoms with Crippen LogP contribution in [0.3, 0.4) is 0 Å². The van der Waals surface area contributed by atoms with Crippen LogP contribution in [-0.2, 0) is 16.8 Å². The Hall–Kier alpha value is -3.11. The maximum absolute atomic E-state index is 14.6. The molecule has 2 heterocycles. The van der Waals surface area contributed by atoms with Crippen molar-refractivity contribution in [1.29, 1.82) is 0 Å². The molecule has 0 radical (unpaired) electrons. The van der Waals surface area contributed by atoms with Crippen molar-refractivity contribution in [1.82, 2.24) is 14.8 Å². The number of fused-ring (bicyclic) bond motifs is 2. The number of aromatic hydroxyl groups is 1. The summed E-state index contributed by atoms with van der Waals surface area (Å²) in [4.78, 5) is 39.8. The van der Waals surface area contributed by atoms with E-state index in [1.54, 1.807) is 21.1 Å². The molecule has 4 rings (SSSR count). The molecule has 0 saturated heterocycles. The van der Waals surface area contributed by atoms with Crippen molar-refractivity contribution in [2.45, 2.75) is 25.4 Å². The summed E-state index contributed by atoms with van der Waals surface area (Å²) in [5.41, 5.74) is -1.96. The molecule has 9 nitrogen and oxygen atoms in total. The molecule has 11 heteroatoms. The van der Waals surface area contributed by atoms with Gasteiger partial charge in [0.05, 0.1) is 18.8 Å². The van der Waals surface area contributed by atoms with Gasteiger partial charge in [0, 0.05) is 44.9 Å². The maximum atomic E-state index is 14.6. The van der Waals surface area contributed by atoms with Crippen molar-refractivity contribution in [2.24, 2.45) is 5.92 Å². The van der Waals surface area contributed by atoms with Gasteiger partial charge in [0.25, 0.3) is 11.8 Å². The highest BCUT2D eigenvalue weighted by molar-refractivity contribution is 6.32. The molecule has 2 N–H and O–H groups in total. The van der Waals surface area contributed by atoms with Crippen LogP contribution in [0.1, 0.15) is 39.8 Å². The summed E-state index contributed by atoms with van der Waals surface area (Å²) in [6, 6.07) is 2.91. The van der Waals surface area contributed by atoms with Crippen LogP contribution < -0.4 is 15.5 Å². The van der Waals surface area contributed by atoms with Gasteiger partial charge in [-0.25, -0.2) is 4.39 Å². The third-order valence-corrected chi connectivity index (χ3v) is 6.75. The van der Waals surface area contributed by atoms with Crippen LogP contribution in [0, 0.1) is 11.7 Å². The zero-order valence-corrected chi connectivity index (χ0v) is 19.7. The lowest BCUT2D eigenvalue weighted by Gasteiger charge is -2.35. The molecule has 1 aromatic heterocycles. The van der Waals surface area contributed by atoms with Gasteiger partial charge in [0.2, 0.25) is 5.43 Å². The van der Waals surface area contributed by atoms with Gasteiger partial charge in [0.15, 0.2) is 17.3 Å². The van der Waals surface area contributed by atoms with Crippen molar-refractivity contribution in [3.63, 3.8) is 0 Å². The van der Waals surface area contributed by atoms with E-state index in [1.807, 2.05) is 0 Å². The number of carbonyl (C=O) groups is 2. The number of aromatic nitrogens is 1. The van der Waals surface area contributed by atoms with E-state index in [2.05, 4.69) is 5.32 Å². The molecule has 0 unspecified atom stereocenters. The van der Waals surface area contributed by atoms with E-state index in [0.29, 0.717) is 26.2 Å². The van der Waals surface area contributed by atoms with Gasteiger partial charge in [-0.1, -0.05) is 17.7 Å². The van der Waals surface area contributed by atoms with Crippen molar-refractivity contribution >= 4 is 23.4 Å². The summed E-state index contributed by atoms with van der Waals surface area (Å²) in [5.74, 6) is -2.63. The van der Waals surface area contributed by atoms with E-state index < -0.39 is 34.3 Å². The molecule has 1 fully saturated rings. The Bertz CT molecular complexity index is 1230. The zero-order valence-electron chi connectivity index (χ0n) is 19.0. The van der Waals surface area contributed by atoms with Gasteiger partial charge in [-0.3, -0.25) is 14.4 Å². The second-order valence-corrected chi connectivity index (χ2v) is 8.90. The summed E-state index contributed by atoms with van der Waals surface area (Å²) in [5, 5.41) is 12.9. The predicted molar refractivity (Wildman–Crippen MR) is 121 cm³/mol.